The van der Waals surface area contributed by atoms with Gasteiger partial charge in [0.1, 0.15) is 6.29 Å². The first-order chi connectivity index (χ1) is 18.4. The van der Waals surface area contributed by atoms with E-state index in [0.29, 0.717) is 29.8 Å². The second-order valence-corrected chi connectivity index (χ2v) is 9.59. The van der Waals surface area contributed by atoms with Gasteiger partial charge in [-0.15, -0.1) is 0 Å². The molecule has 1 aliphatic carbocycles. The Morgan fingerprint density at radius 2 is 1.63 bits per heavy atom. The molecule has 38 heavy (non-hydrogen) atoms. The average Bonchev–Trinajstić information content (AvgIpc) is 2.93. The molecule has 7 nitrogen and oxygen atoms in total. The number of nitrogens with one attached hydrogen (secondary N) is 1. The molecule has 4 N–H and O–H groups in total. The first-order valence-electron chi connectivity index (χ1n) is 12.9. The highest BCUT2D eigenvalue weighted by atomic mass is 16.4. The summed E-state index contributed by atoms with van der Waals surface area (Å²) in [4.78, 5) is 37.1. The molecule has 0 saturated heterocycles. The zero-order valence-corrected chi connectivity index (χ0v) is 21.3. The van der Waals surface area contributed by atoms with Gasteiger partial charge in [0.2, 0.25) is 5.91 Å². The van der Waals surface area contributed by atoms with Crippen LogP contribution in [-0.2, 0) is 4.79 Å². The number of benzene rings is 3. The molecular formula is C31H33N3O4. The highest BCUT2D eigenvalue weighted by molar-refractivity contribution is 5.94. The Labute approximate surface area is 223 Å². The third-order valence-electron chi connectivity index (χ3n) is 6.86. The molecule has 7 heteroatoms. The van der Waals surface area contributed by atoms with Crippen molar-refractivity contribution in [3.8, 4) is 11.1 Å². The van der Waals surface area contributed by atoms with E-state index in [4.69, 9.17) is 5.73 Å². The van der Waals surface area contributed by atoms with Crippen LogP contribution in [0.1, 0.15) is 54.4 Å². The van der Waals surface area contributed by atoms with Gasteiger partial charge in [-0.3, -0.25) is 14.5 Å². The zero-order valence-electron chi connectivity index (χ0n) is 21.3. The summed E-state index contributed by atoms with van der Waals surface area (Å²) in [6.07, 6.45) is 7.51. The molecule has 196 valence electrons. The molecule has 0 radical (unpaired) electrons. The quantitative estimate of drug-likeness (QED) is 0.290. The van der Waals surface area contributed by atoms with Crippen molar-refractivity contribution in [1.29, 1.82) is 0 Å². The number of carbonyl (C=O) groups is 3. The number of hydrogen-bond donors (Lipinski definition) is 3. The van der Waals surface area contributed by atoms with Crippen LogP contribution in [0.4, 0.5) is 16.2 Å². The second kappa shape index (κ2) is 12.8. The SMILES string of the molecule is N[C@H]1CC[C@H](N(C(=O)O)c2cc(C=CCCC(=O)Nc3ccc(C=O)cc3)ccc2-c2ccccc2)CC1. The summed E-state index contributed by atoms with van der Waals surface area (Å²) in [5, 5.41) is 13.1. The predicted molar refractivity (Wildman–Crippen MR) is 151 cm³/mol. The molecule has 0 heterocycles. The Kier molecular flexibility index (Phi) is 9.06. The minimum Gasteiger partial charge on any atom is -0.465 e. The first-order valence-corrected chi connectivity index (χ1v) is 12.9. The highest BCUT2D eigenvalue weighted by Crippen LogP contribution is 2.36. The average molecular weight is 512 g/mol. The van der Waals surface area contributed by atoms with Crippen molar-refractivity contribution in [2.75, 3.05) is 10.2 Å². The van der Waals surface area contributed by atoms with Crippen molar-refractivity contribution in [2.24, 2.45) is 5.73 Å². The summed E-state index contributed by atoms with van der Waals surface area (Å²) in [6.45, 7) is 0. The molecule has 0 bridgehead atoms. The number of carbonyl (C=O) groups excluding carboxylic acids is 2. The largest absolute Gasteiger partial charge is 0.465 e. The maximum absolute atomic E-state index is 12.5. The van der Waals surface area contributed by atoms with Crippen molar-refractivity contribution in [1.82, 2.24) is 0 Å². The fourth-order valence-corrected chi connectivity index (χ4v) is 4.83. The van der Waals surface area contributed by atoms with E-state index in [-0.39, 0.29) is 18.0 Å². The zero-order chi connectivity index (χ0) is 26.9. The minimum atomic E-state index is -0.971. The maximum Gasteiger partial charge on any atom is 0.412 e. The van der Waals surface area contributed by atoms with Crippen molar-refractivity contribution >= 4 is 35.7 Å². The molecule has 3 aromatic carbocycles. The molecule has 0 spiro atoms. The van der Waals surface area contributed by atoms with Gasteiger partial charge in [-0.2, -0.15) is 0 Å². The normalized spacial score (nSPS) is 17.2. The first kappa shape index (κ1) is 26.8. The molecule has 1 saturated carbocycles. The Balaban J connectivity index is 1.50. The van der Waals surface area contributed by atoms with E-state index in [2.05, 4.69) is 5.32 Å². The van der Waals surface area contributed by atoms with Crippen LogP contribution >= 0.6 is 0 Å². The molecule has 3 aromatic rings. The number of amides is 2. The van der Waals surface area contributed by atoms with Gasteiger partial charge in [-0.1, -0.05) is 54.6 Å². The van der Waals surface area contributed by atoms with Crippen LogP contribution < -0.4 is 16.0 Å². The van der Waals surface area contributed by atoms with Crippen LogP contribution in [0.5, 0.6) is 0 Å². The van der Waals surface area contributed by atoms with E-state index in [9.17, 15) is 19.5 Å². The van der Waals surface area contributed by atoms with Gasteiger partial charge in [0, 0.05) is 35.3 Å². The fourth-order valence-electron chi connectivity index (χ4n) is 4.83. The number of allylic oxidation sites excluding steroid dienone is 1. The molecule has 4 rings (SSSR count). The van der Waals surface area contributed by atoms with E-state index in [0.717, 1.165) is 48.7 Å². The van der Waals surface area contributed by atoms with Crippen LogP contribution in [0.25, 0.3) is 17.2 Å². The Morgan fingerprint density at radius 3 is 2.29 bits per heavy atom. The molecular weight excluding hydrogens is 478 g/mol. The number of rotatable bonds is 9. The molecule has 2 amide bonds. The van der Waals surface area contributed by atoms with Gasteiger partial charge >= 0.3 is 6.09 Å². The summed E-state index contributed by atoms with van der Waals surface area (Å²) in [5.74, 6) is -0.124. The van der Waals surface area contributed by atoms with Crippen LogP contribution in [0, 0.1) is 0 Å². The number of nitrogens with zero attached hydrogens (tertiary/aromatic N) is 1. The van der Waals surface area contributed by atoms with E-state index in [1.165, 1.54) is 4.90 Å². The molecule has 0 atom stereocenters. The van der Waals surface area contributed by atoms with Gasteiger partial charge in [-0.05, 0) is 73.6 Å². The summed E-state index contributed by atoms with van der Waals surface area (Å²) in [6, 6.07) is 22.3. The van der Waals surface area contributed by atoms with Crippen molar-refractivity contribution in [3.05, 3.63) is 90.0 Å². The van der Waals surface area contributed by atoms with Gasteiger partial charge in [0.15, 0.2) is 0 Å². The lowest BCUT2D eigenvalue weighted by molar-refractivity contribution is -0.116. The Bertz CT molecular complexity index is 1280. The topological polar surface area (TPSA) is 113 Å². The monoisotopic (exact) mass is 511 g/mol. The lowest BCUT2D eigenvalue weighted by atomic mass is 9.89. The number of anilines is 2. The molecule has 1 aliphatic rings. The van der Waals surface area contributed by atoms with Crippen molar-refractivity contribution < 1.29 is 19.5 Å². The van der Waals surface area contributed by atoms with E-state index in [1.807, 2.05) is 60.7 Å². The molecule has 1 fully saturated rings. The minimum absolute atomic E-state index is 0.123. The lowest BCUT2D eigenvalue weighted by Crippen LogP contribution is -2.44. The number of nitrogens with two attached hydrogens (primary N) is 1. The highest BCUT2D eigenvalue weighted by Gasteiger charge is 2.30. The smallest absolute Gasteiger partial charge is 0.412 e. The van der Waals surface area contributed by atoms with Crippen LogP contribution in [0.2, 0.25) is 0 Å². The standard InChI is InChI=1S/C31H33N3O4/c32-25-13-17-27(18-14-25)34(31(37)38)29-20-22(12-19-28(29)24-7-2-1-3-8-24)6-4-5-9-30(36)33-26-15-10-23(21-35)11-16-26/h1-4,6-8,10-12,15-16,19-21,25,27H,5,9,13-14,17-18,32H2,(H,33,36)(H,37,38)/t25-,27-. The van der Waals surface area contributed by atoms with Crippen molar-refractivity contribution in [2.45, 2.75) is 50.6 Å². The summed E-state index contributed by atoms with van der Waals surface area (Å²) >= 11 is 0. The van der Waals surface area contributed by atoms with Gasteiger partial charge in [0.05, 0.1) is 5.69 Å². The Hall–Kier alpha value is -4.23. The molecule has 0 unspecified atom stereocenters. The van der Waals surface area contributed by atoms with Gasteiger partial charge in [-0.25, -0.2) is 4.79 Å². The Morgan fingerprint density at radius 1 is 0.947 bits per heavy atom. The van der Waals surface area contributed by atoms with Crippen LogP contribution in [0.3, 0.4) is 0 Å². The summed E-state index contributed by atoms with van der Waals surface area (Å²) in [5.41, 5.74) is 10.6. The van der Waals surface area contributed by atoms with Crippen LogP contribution in [-0.4, -0.2) is 35.5 Å². The molecule has 0 aromatic heterocycles. The summed E-state index contributed by atoms with van der Waals surface area (Å²) < 4.78 is 0. The third-order valence-corrected chi connectivity index (χ3v) is 6.86. The van der Waals surface area contributed by atoms with E-state index >= 15 is 0 Å². The molecule has 0 aliphatic heterocycles. The second-order valence-electron chi connectivity index (χ2n) is 9.59. The van der Waals surface area contributed by atoms with E-state index < -0.39 is 6.09 Å². The van der Waals surface area contributed by atoms with Crippen LogP contribution in [0.15, 0.2) is 78.9 Å². The maximum atomic E-state index is 12.5. The predicted octanol–water partition coefficient (Wildman–Crippen LogP) is 6.35. The fraction of sp³-hybridized carbons (Fsp3) is 0.258. The number of aldehydes is 1. The lowest BCUT2D eigenvalue weighted by Gasteiger charge is -2.35. The van der Waals surface area contributed by atoms with Gasteiger partial charge in [0.25, 0.3) is 0 Å². The third kappa shape index (κ3) is 6.95. The van der Waals surface area contributed by atoms with Crippen molar-refractivity contribution in [3.63, 3.8) is 0 Å². The summed E-state index contributed by atoms with van der Waals surface area (Å²) in [7, 11) is 0. The van der Waals surface area contributed by atoms with E-state index in [1.54, 1.807) is 24.3 Å². The van der Waals surface area contributed by atoms with Gasteiger partial charge < -0.3 is 16.2 Å². The number of carboxylic acid groups (broad SMARTS) is 1. The number of hydrogen-bond acceptors (Lipinski definition) is 4.